The first-order valence-corrected chi connectivity index (χ1v) is 11.2. The number of nitrogens with zero attached hydrogens (tertiary/aromatic N) is 2. The molecule has 8 nitrogen and oxygen atoms in total. The standard InChI is InChI=1S/C24H20N2O6S/c27-23(31-14-17-12-18(26(28)29)11-16-13-30-15-32-24(16)17)9-10-25-19-5-1-3-7-21(19)33-22-8-4-2-6-20(22)25/h1-8,11-12H,9-10,13-15H2. The molecular formula is C24H20N2O6S. The summed E-state index contributed by atoms with van der Waals surface area (Å²) in [4.78, 5) is 27.8. The molecule has 33 heavy (non-hydrogen) atoms. The van der Waals surface area contributed by atoms with Crippen LogP contribution in [0.15, 0.2) is 70.5 Å². The van der Waals surface area contributed by atoms with E-state index in [9.17, 15) is 14.9 Å². The van der Waals surface area contributed by atoms with E-state index in [2.05, 4.69) is 17.0 Å². The SMILES string of the molecule is O=C(CCN1c2ccccc2Sc2ccccc21)OCc1cc([N+](=O)[O-])cc2c1OCOC2. The number of esters is 1. The van der Waals surface area contributed by atoms with Gasteiger partial charge in [0.2, 0.25) is 0 Å². The number of carbonyl (C=O) groups excluding carboxylic acids is 1. The smallest absolute Gasteiger partial charge is 0.307 e. The molecule has 5 rings (SSSR count). The lowest BCUT2D eigenvalue weighted by molar-refractivity contribution is -0.385. The number of nitro benzene ring substituents is 1. The summed E-state index contributed by atoms with van der Waals surface area (Å²) in [7, 11) is 0. The molecule has 0 amide bonds. The second kappa shape index (κ2) is 9.13. The van der Waals surface area contributed by atoms with Gasteiger partial charge in [-0.3, -0.25) is 14.9 Å². The molecule has 0 N–H and O–H groups in total. The first kappa shape index (κ1) is 21.3. The van der Waals surface area contributed by atoms with Crippen LogP contribution in [0, 0.1) is 10.1 Å². The molecule has 0 saturated carbocycles. The molecule has 0 spiro atoms. The Kier molecular flexibility index (Phi) is 5.89. The maximum atomic E-state index is 12.6. The number of hydrogen-bond acceptors (Lipinski definition) is 8. The van der Waals surface area contributed by atoms with Crippen molar-refractivity contribution >= 4 is 34.8 Å². The third-order valence-corrected chi connectivity index (χ3v) is 6.57. The van der Waals surface area contributed by atoms with E-state index < -0.39 is 10.9 Å². The molecule has 2 aliphatic heterocycles. The number of benzene rings is 3. The van der Waals surface area contributed by atoms with Gasteiger partial charge in [0.25, 0.3) is 5.69 Å². The summed E-state index contributed by atoms with van der Waals surface area (Å²) in [5.41, 5.74) is 3.04. The molecule has 0 fully saturated rings. The molecule has 0 atom stereocenters. The molecule has 0 bridgehead atoms. The average Bonchev–Trinajstić information content (AvgIpc) is 2.84. The zero-order valence-electron chi connectivity index (χ0n) is 17.6. The lowest BCUT2D eigenvalue weighted by atomic mass is 10.1. The summed E-state index contributed by atoms with van der Waals surface area (Å²) in [5, 5.41) is 11.3. The number of rotatable bonds is 6. The Hall–Kier alpha value is -3.56. The van der Waals surface area contributed by atoms with E-state index in [1.165, 1.54) is 12.1 Å². The monoisotopic (exact) mass is 464 g/mol. The van der Waals surface area contributed by atoms with Gasteiger partial charge in [-0.25, -0.2) is 0 Å². The minimum atomic E-state index is -0.483. The van der Waals surface area contributed by atoms with Gasteiger partial charge < -0.3 is 19.1 Å². The van der Waals surface area contributed by atoms with E-state index in [0.29, 0.717) is 23.4 Å². The summed E-state index contributed by atoms with van der Waals surface area (Å²) in [5.74, 6) is 0.0889. The average molecular weight is 464 g/mol. The van der Waals surface area contributed by atoms with Crippen LogP contribution in [-0.2, 0) is 27.5 Å². The minimum Gasteiger partial charge on any atom is -0.467 e. The summed E-state index contributed by atoms with van der Waals surface area (Å²) in [6, 6.07) is 19.0. The molecule has 0 aromatic heterocycles. The van der Waals surface area contributed by atoms with Crippen LogP contribution in [0.2, 0.25) is 0 Å². The number of para-hydroxylation sites is 2. The quantitative estimate of drug-likeness (QED) is 0.279. The van der Waals surface area contributed by atoms with E-state index in [1.54, 1.807) is 11.8 Å². The van der Waals surface area contributed by atoms with Gasteiger partial charge in [-0.2, -0.15) is 0 Å². The third-order valence-electron chi connectivity index (χ3n) is 5.44. The van der Waals surface area contributed by atoms with Crippen LogP contribution in [0.5, 0.6) is 5.75 Å². The predicted molar refractivity (Wildman–Crippen MR) is 122 cm³/mol. The van der Waals surface area contributed by atoms with Crippen molar-refractivity contribution in [2.24, 2.45) is 0 Å². The van der Waals surface area contributed by atoms with Crippen molar-refractivity contribution in [3.63, 3.8) is 0 Å². The van der Waals surface area contributed by atoms with E-state index in [4.69, 9.17) is 14.2 Å². The van der Waals surface area contributed by atoms with Crippen LogP contribution in [0.3, 0.4) is 0 Å². The van der Waals surface area contributed by atoms with Crippen molar-refractivity contribution in [2.75, 3.05) is 18.2 Å². The van der Waals surface area contributed by atoms with E-state index in [0.717, 1.165) is 21.2 Å². The lowest BCUT2D eigenvalue weighted by Crippen LogP contribution is -2.24. The molecule has 2 aliphatic rings. The number of carbonyl (C=O) groups is 1. The fraction of sp³-hybridized carbons (Fsp3) is 0.208. The van der Waals surface area contributed by atoms with Crippen molar-refractivity contribution in [3.05, 3.63) is 81.9 Å². The summed E-state index contributed by atoms with van der Waals surface area (Å²) >= 11 is 1.71. The van der Waals surface area contributed by atoms with Gasteiger partial charge >= 0.3 is 5.97 Å². The second-order valence-electron chi connectivity index (χ2n) is 7.56. The fourth-order valence-electron chi connectivity index (χ4n) is 3.95. The fourth-order valence-corrected chi connectivity index (χ4v) is 5.04. The van der Waals surface area contributed by atoms with Crippen LogP contribution in [-0.4, -0.2) is 24.2 Å². The van der Waals surface area contributed by atoms with Gasteiger partial charge in [-0.15, -0.1) is 0 Å². The second-order valence-corrected chi connectivity index (χ2v) is 8.64. The highest BCUT2D eigenvalue weighted by atomic mass is 32.2. The summed E-state index contributed by atoms with van der Waals surface area (Å²) in [6.45, 7) is 0.609. The Morgan fingerprint density at radius 1 is 1.09 bits per heavy atom. The minimum absolute atomic E-state index is 0.0531. The lowest BCUT2D eigenvalue weighted by Gasteiger charge is -2.32. The molecular weight excluding hydrogens is 444 g/mol. The van der Waals surface area contributed by atoms with Crippen LogP contribution in [0.25, 0.3) is 0 Å². The maximum Gasteiger partial charge on any atom is 0.307 e. The summed E-state index contributed by atoms with van der Waals surface area (Å²) in [6.07, 6.45) is 0.161. The molecule has 0 saturated heterocycles. The molecule has 0 unspecified atom stereocenters. The number of hydrogen-bond donors (Lipinski definition) is 0. The van der Waals surface area contributed by atoms with Crippen LogP contribution >= 0.6 is 11.8 Å². The molecule has 2 heterocycles. The topological polar surface area (TPSA) is 91.1 Å². The molecule has 3 aromatic carbocycles. The first-order valence-electron chi connectivity index (χ1n) is 10.4. The van der Waals surface area contributed by atoms with Gasteiger partial charge in [0.15, 0.2) is 6.79 Å². The van der Waals surface area contributed by atoms with Gasteiger partial charge in [-0.1, -0.05) is 36.0 Å². The largest absolute Gasteiger partial charge is 0.467 e. The highest BCUT2D eigenvalue weighted by Gasteiger charge is 2.24. The highest BCUT2D eigenvalue weighted by Crippen LogP contribution is 2.47. The van der Waals surface area contributed by atoms with Gasteiger partial charge in [0.05, 0.1) is 29.3 Å². The van der Waals surface area contributed by atoms with Crippen molar-refractivity contribution < 1.29 is 23.9 Å². The Labute approximate surface area is 194 Å². The number of ether oxygens (including phenoxy) is 3. The first-order chi connectivity index (χ1) is 16.1. The number of nitro groups is 1. The third kappa shape index (κ3) is 4.37. The van der Waals surface area contributed by atoms with Crippen molar-refractivity contribution in [2.45, 2.75) is 29.4 Å². The zero-order valence-corrected chi connectivity index (χ0v) is 18.4. The number of fused-ring (bicyclic) bond motifs is 3. The molecule has 9 heteroatoms. The Morgan fingerprint density at radius 3 is 2.48 bits per heavy atom. The van der Waals surface area contributed by atoms with Gasteiger partial charge in [-0.05, 0) is 24.3 Å². The number of anilines is 2. The van der Waals surface area contributed by atoms with E-state index in [1.807, 2.05) is 36.4 Å². The van der Waals surface area contributed by atoms with Crippen molar-refractivity contribution in [1.29, 1.82) is 0 Å². The van der Waals surface area contributed by atoms with Crippen LogP contribution in [0.4, 0.5) is 17.1 Å². The Balaban J connectivity index is 1.29. The number of non-ortho nitro benzene ring substituents is 1. The molecule has 0 radical (unpaired) electrons. The normalized spacial score (nSPS) is 13.9. The molecule has 3 aromatic rings. The van der Waals surface area contributed by atoms with Crippen molar-refractivity contribution in [1.82, 2.24) is 0 Å². The maximum absolute atomic E-state index is 12.6. The summed E-state index contributed by atoms with van der Waals surface area (Å²) < 4.78 is 16.2. The predicted octanol–water partition coefficient (Wildman–Crippen LogP) is 5.20. The van der Waals surface area contributed by atoms with E-state index in [-0.39, 0.29) is 32.1 Å². The van der Waals surface area contributed by atoms with Gasteiger partial charge in [0, 0.05) is 39.6 Å². The molecule has 168 valence electrons. The Bertz CT molecular complexity index is 1190. The van der Waals surface area contributed by atoms with Crippen LogP contribution < -0.4 is 9.64 Å². The van der Waals surface area contributed by atoms with E-state index >= 15 is 0 Å². The van der Waals surface area contributed by atoms with Crippen LogP contribution in [0.1, 0.15) is 17.5 Å². The highest BCUT2D eigenvalue weighted by molar-refractivity contribution is 7.99. The molecule has 0 aliphatic carbocycles. The Morgan fingerprint density at radius 2 is 1.79 bits per heavy atom. The van der Waals surface area contributed by atoms with Gasteiger partial charge in [0.1, 0.15) is 12.4 Å². The van der Waals surface area contributed by atoms with Crippen molar-refractivity contribution in [3.8, 4) is 5.75 Å². The zero-order chi connectivity index (χ0) is 22.8.